The first-order valence-electron chi connectivity index (χ1n) is 5.66. The lowest BCUT2D eigenvalue weighted by Crippen LogP contribution is -2.36. The Hall–Kier alpha value is -1.18. The van der Waals surface area contributed by atoms with E-state index in [4.69, 9.17) is 9.84 Å². The molecule has 1 aromatic rings. The molecular formula is C11H15F2N3O2. The number of morpholine rings is 1. The summed E-state index contributed by atoms with van der Waals surface area (Å²) >= 11 is 0. The van der Waals surface area contributed by atoms with E-state index in [1.165, 1.54) is 6.20 Å². The van der Waals surface area contributed by atoms with Crippen LogP contribution >= 0.6 is 0 Å². The largest absolute Gasteiger partial charge is 0.392 e. The molecule has 1 aromatic heterocycles. The molecule has 1 N–H and O–H groups in total. The number of aliphatic hydroxyl groups excluding tert-OH is 1. The van der Waals surface area contributed by atoms with Gasteiger partial charge in [0.05, 0.1) is 13.2 Å². The molecule has 1 aliphatic heterocycles. The van der Waals surface area contributed by atoms with Crippen molar-refractivity contribution in [1.82, 2.24) is 14.9 Å². The molecule has 0 bridgehead atoms. The number of likely N-dealkylation sites (N-methyl/N-ethyl adjacent to an activating group) is 1. The minimum Gasteiger partial charge on any atom is -0.392 e. The number of nitrogens with zero attached hydrogens (tertiary/aromatic N) is 3. The third-order valence-electron chi connectivity index (χ3n) is 2.85. The van der Waals surface area contributed by atoms with E-state index in [1.54, 1.807) is 0 Å². The van der Waals surface area contributed by atoms with Crippen LogP contribution < -0.4 is 0 Å². The molecule has 7 heteroatoms. The molecule has 0 radical (unpaired) electrons. The standard InChI is InChI=1S/C11H15F2N3O2/c1-16-2-3-18-8(5-16)11-14-4-7(6-17)9(15-11)10(12)13/h4,8,10,17H,2-3,5-6H2,1H3. The zero-order chi connectivity index (χ0) is 13.1. The molecule has 0 aliphatic carbocycles. The molecule has 2 heterocycles. The van der Waals surface area contributed by atoms with E-state index in [2.05, 4.69) is 9.97 Å². The van der Waals surface area contributed by atoms with Gasteiger partial charge in [0.25, 0.3) is 6.43 Å². The second kappa shape index (κ2) is 5.64. The van der Waals surface area contributed by atoms with Crippen LogP contribution in [0.25, 0.3) is 0 Å². The molecule has 1 aliphatic rings. The predicted molar refractivity (Wildman–Crippen MR) is 59.1 cm³/mol. The normalized spacial score (nSPS) is 21.5. The van der Waals surface area contributed by atoms with Crippen LogP contribution in [0.15, 0.2) is 6.20 Å². The van der Waals surface area contributed by atoms with E-state index in [1.807, 2.05) is 11.9 Å². The van der Waals surface area contributed by atoms with E-state index in [0.717, 1.165) is 6.54 Å². The molecule has 2 rings (SSSR count). The van der Waals surface area contributed by atoms with Crippen molar-refractivity contribution in [2.24, 2.45) is 0 Å². The van der Waals surface area contributed by atoms with E-state index < -0.39 is 24.8 Å². The van der Waals surface area contributed by atoms with E-state index in [0.29, 0.717) is 13.2 Å². The summed E-state index contributed by atoms with van der Waals surface area (Å²) in [5.41, 5.74) is -0.364. The lowest BCUT2D eigenvalue weighted by atomic mass is 10.2. The van der Waals surface area contributed by atoms with Crippen LogP contribution in [0.5, 0.6) is 0 Å². The Morgan fingerprint density at radius 1 is 1.61 bits per heavy atom. The fourth-order valence-corrected chi connectivity index (χ4v) is 1.83. The highest BCUT2D eigenvalue weighted by Crippen LogP contribution is 2.24. The summed E-state index contributed by atoms with van der Waals surface area (Å²) < 4.78 is 31.0. The van der Waals surface area contributed by atoms with Gasteiger partial charge in [0.15, 0.2) is 5.82 Å². The summed E-state index contributed by atoms with van der Waals surface area (Å²) in [6, 6.07) is 0. The Kier molecular flexibility index (Phi) is 4.15. The molecule has 0 saturated carbocycles. The van der Waals surface area contributed by atoms with Crippen molar-refractivity contribution in [1.29, 1.82) is 0 Å². The van der Waals surface area contributed by atoms with Crippen molar-refractivity contribution in [2.75, 3.05) is 26.7 Å². The number of halogens is 2. The number of hydrogen-bond donors (Lipinski definition) is 1. The molecule has 100 valence electrons. The van der Waals surface area contributed by atoms with Gasteiger partial charge in [-0.1, -0.05) is 0 Å². The van der Waals surface area contributed by atoms with Crippen LogP contribution in [0.1, 0.15) is 29.6 Å². The minimum atomic E-state index is -2.73. The number of hydrogen-bond acceptors (Lipinski definition) is 5. The Bertz CT molecular complexity index is 417. The summed E-state index contributed by atoms with van der Waals surface area (Å²) in [5.74, 6) is 0.244. The Balaban J connectivity index is 2.25. The maximum atomic E-state index is 12.8. The Morgan fingerprint density at radius 3 is 3.00 bits per heavy atom. The zero-order valence-corrected chi connectivity index (χ0v) is 10.0. The SMILES string of the molecule is CN1CCOC(c2ncc(CO)c(C(F)F)n2)C1. The summed E-state index contributed by atoms with van der Waals surface area (Å²) in [6.45, 7) is 1.40. The lowest BCUT2D eigenvalue weighted by molar-refractivity contribution is -0.0259. The first kappa shape index (κ1) is 13.3. The molecule has 0 spiro atoms. The first-order chi connectivity index (χ1) is 8.61. The highest BCUT2D eigenvalue weighted by atomic mass is 19.3. The number of ether oxygens (including phenoxy) is 1. The van der Waals surface area contributed by atoms with Gasteiger partial charge in [0, 0.05) is 24.8 Å². The van der Waals surface area contributed by atoms with E-state index in [9.17, 15) is 8.78 Å². The van der Waals surface area contributed by atoms with Gasteiger partial charge in [-0.3, -0.25) is 0 Å². The first-order valence-corrected chi connectivity index (χ1v) is 5.66. The smallest absolute Gasteiger partial charge is 0.280 e. The Morgan fingerprint density at radius 2 is 2.39 bits per heavy atom. The van der Waals surface area contributed by atoms with Crippen LogP contribution in [-0.2, 0) is 11.3 Å². The van der Waals surface area contributed by atoms with Crippen molar-refractivity contribution in [3.05, 3.63) is 23.3 Å². The fourth-order valence-electron chi connectivity index (χ4n) is 1.83. The maximum absolute atomic E-state index is 12.8. The van der Waals surface area contributed by atoms with Crippen molar-refractivity contribution in [3.8, 4) is 0 Å². The van der Waals surface area contributed by atoms with Gasteiger partial charge >= 0.3 is 0 Å². The third kappa shape index (κ3) is 2.80. The molecule has 18 heavy (non-hydrogen) atoms. The van der Waals surface area contributed by atoms with Gasteiger partial charge in [0.1, 0.15) is 11.8 Å². The number of aliphatic hydroxyl groups is 1. The number of aromatic nitrogens is 2. The topological polar surface area (TPSA) is 58.5 Å². The molecule has 1 unspecified atom stereocenters. The summed E-state index contributed by atoms with van der Waals surface area (Å²) in [7, 11) is 1.92. The monoisotopic (exact) mass is 259 g/mol. The maximum Gasteiger partial charge on any atom is 0.280 e. The van der Waals surface area contributed by atoms with Gasteiger partial charge in [-0.2, -0.15) is 0 Å². The van der Waals surface area contributed by atoms with Gasteiger partial charge in [-0.05, 0) is 7.05 Å². The molecule has 0 amide bonds. The quantitative estimate of drug-likeness (QED) is 0.874. The lowest BCUT2D eigenvalue weighted by Gasteiger charge is -2.29. The molecule has 5 nitrogen and oxygen atoms in total. The number of alkyl halides is 2. The highest BCUT2D eigenvalue weighted by Gasteiger charge is 2.24. The van der Waals surface area contributed by atoms with Gasteiger partial charge in [-0.25, -0.2) is 18.7 Å². The average Bonchev–Trinajstić information content (AvgIpc) is 2.38. The average molecular weight is 259 g/mol. The second-order valence-corrected chi connectivity index (χ2v) is 4.22. The van der Waals surface area contributed by atoms with E-state index in [-0.39, 0.29) is 11.4 Å². The molecular weight excluding hydrogens is 244 g/mol. The molecule has 1 saturated heterocycles. The van der Waals surface area contributed by atoms with Crippen molar-refractivity contribution >= 4 is 0 Å². The van der Waals surface area contributed by atoms with Gasteiger partial charge in [-0.15, -0.1) is 0 Å². The van der Waals surface area contributed by atoms with E-state index >= 15 is 0 Å². The zero-order valence-electron chi connectivity index (χ0n) is 10.0. The van der Waals surface area contributed by atoms with Crippen LogP contribution in [0.3, 0.4) is 0 Å². The van der Waals surface area contributed by atoms with Crippen LogP contribution in [0.4, 0.5) is 8.78 Å². The summed E-state index contributed by atoms with van der Waals surface area (Å²) in [6.07, 6.45) is -1.88. The molecule has 1 atom stereocenters. The molecule has 1 fully saturated rings. The van der Waals surface area contributed by atoms with Crippen LogP contribution in [0, 0.1) is 0 Å². The van der Waals surface area contributed by atoms with Gasteiger partial charge in [0.2, 0.25) is 0 Å². The van der Waals surface area contributed by atoms with Crippen LogP contribution in [0.2, 0.25) is 0 Å². The van der Waals surface area contributed by atoms with Crippen LogP contribution in [-0.4, -0.2) is 46.7 Å². The Labute approximate surface area is 103 Å². The fraction of sp³-hybridized carbons (Fsp3) is 0.636. The summed E-state index contributed by atoms with van der Waals surface area (Å²) in [5, 5.41) is 8.96. The minimum absolute atomic E-state index is 0.0536. The second-order valence-electron chi connectivity index (χ2n) is 4.22. The number of rotatable bonds is 3. The highest BCUT2D eigenvalue weighted by molar-refractivity contribution is 5.18. The molecule has 0 aromatic carbocycles. The summed E-state index contributed by atoms with van der Waals surface area (Å²) in [4.78, 5) is 9.85. The van der Waals surface area contributed by atoms with Gasteiger partial charge < -0.3 is 14.7 Å². The third-order valence-corrected chi connectivity index (χ3v) is 2.85. The van der Waals surface area contributed by atoms with Crippen molar-refractivity contribution in [2.45, 2.75) is 19.1 Å². The van der Waals surface area contributed by atoms with Crippen molar-refractivity contribution in [3.63, 3.8) is 0 Å². The predicted octanol–water partition coefficient (Wildman–Crippen LogP) is 0.910. The van der Waals surface area contributed by atoms with Crippen molar-refractivity contribution < 1.29 is 18.6 Å².